The Kier molecular flexibility index (Phi) is 4.36. The van der Waals surface area contributed by atoms with E-state index in [0.29, 0.717) is 12.1 Å². The van der Waals surface area contributed by atoms with E-state index in [1.165, 1.54) is 13.0 Å². The number of rotatable bonds is 5. The number of hydrogen-bond acceptors (Lipinski definition) is 5. The molecule has 7 nitrogen and oxygen atoms in total. The summed E-state index contributed by atoms with van der Waals surface area (Å²) in [7, 11) is 1.67. The first-order chi connectivity index (χ1) is 7.95. The number of aryl methyl sites for hydroxylation is 1. The van der Waals surface area contributed by atoms with Crippen LogP contribution in [0.2, 0.25) is 0 Å². The van der Waals surface area contributed by atoms with E-state index in [9.17, 15) is 20.0 Å². The third-order valence-electron chi connectivity index (χ3n) is 2.35. The van der Waals surface area contributed by atoms with Crippen LogP contribution in [0, 0.1) is 17.0 Å². The normalized spacial score (nSPS) is 12.4. The molecule has 94 valence electrons. The molecule has 2 N–H and O–H groups in total. The summed E-state index contributed by atoms with van der Waals surface area (Å²) >= 11 is 0. The number of pyridine rings is 1. The number of nitrogens with one attached hydrogen (secondary N) is 1. The van der Waals surface area contributed by atoms with Crippen molar-refractivity contribution in [1.82, 2.24) is 9.88 Å². The van der Waals surface area contributed by atoms with E-state index in [1.807, 2.05) is 0 Å². The van der Waals surface area contributed by atoms with Gasteiger partial charge in [0.15, 0.2) is 0 Å². The highest BCUT2D eigenvalue weighted by Crippen LogP contribution is 2.13. The Morgan fingerprint density at radius 1 is 1.65 bits per heavy atom. The summed E-state index contributed by atoms with van der Waals surface area (Å²) in [6.45, 7) is 1.85. The number of aliphatic hydroxyl groups is 1. The molecule has 0 radical (unpaired) electrons. The van der Waals surface area contributed by atoms with E-state index >= 15 is 0 Å². The molecule has 1 rings (SSSR count). The highest BCUT2D eigenvalue weighted by Gasteiger charge is 2.14. The van der Waals surface area contributed by atoms with Gasteiger partial charge in [-0.3, -0.25) is 14.9 Å². The number of nitrogens with zero attached hydrogens (tertiary/aromatic N) is 2. The average molecular weight is 241 g/mol. The Bertz CT molecular complexity index is 469. The molecule has 0 bridgehead atoms. The molecular formula is C10H15N3O4. The molecule has 1 aromatic heterocycles. The Morgan fingerprint density at radius 2 is 2.29 bits per heavy atom. The van der Waals surface area contributed by atoms with Crippen LogP contribution in [-0.2, 0) is 6.54 Å². The molecule has 1 aromatic rings. The van der Waals surface area contributed by atoms with Gasteiger partial charge in [-0.2, -0.15) is 0 Å². The molecule has 0 aromatic carbocycles. The predicted octanol–water partition coefficient (Wildman–Crippen LogP) is -0.355. The van der Waals surface area contributed by atoms with E-state index in [0.717, 1.165) is 10.8 Å². The quantitative estimate of drug-likeness (QED) is 0.542. The topological polar surface area (TPSA) is 97.4 Å². The molecule has 0 aliphatic heterocycles. The molecule has 0 fully saturated rings. The molecule has 0 spiro atoms. The van der Waals surface area contributed by atoms with Gasteiger partial charge in [-0.15, -0.1) is 0 Å². The van der Waals surface area contributed by atoms with Crippen LogP contribution in [0.1, 0.15) is 5.56 Å². The summed E-state index contributed by atoms with van der Waals surface area (Å²) < 4.78 is 1.15. The zero-order chi connectivity index (χ0) is 13.0. The largest absolute Gasteiger partial charge is 0.390 e. The highest BCUT2D eigenvalue weighted by molar-refractivity contribution is 5.35. The summed E-state index contributed by atoms with van der Waals surface area (Å²) in [5, 5.41) is 23.0. The van der Waals surface area contributed by atoms with Gasteiger partial charge < -0.3 is 15.0 Å². The molecule has 1 atom stereocenters. The van der Waals surface area contributed by atoms with E-state index in [1.54, 1.807) is 7.05 Å². The van der Waals surface area contributed by atoms with Crippen molar-refractivity contribution in [3.63, 3.8) is 0 Å². The summed E-state index contributed by atoms with van der Waals surface area (Å²) in [6.07, 6.45) is 0.399. The third-order valence-corrected chi connectivity index (χ3v) is 2.35. The smallest absolute Gasteiger partial charge is 0.288 e. The Balaban J connectivity index is 3.04. The Hall–Kier alpha value is -1.73. The standard InChI is InChI=1S/C10H15N3O4/c1-7-3-10(15)12(5-8(14)4-11-2)6-9(7)13(16)17/h3,6,8,11,14H,4-5H2,1-2H3. The van der Waals surface area contributed by atoms with Crippen LogP contribution < -0.4 is 10.9 Å². The zero-order valence-electron chi connectivity index (χ0n) is 9.71. The fourth-order valence-corrected chi connectivity index (χ4v) is 1.52. The fourth-order valence-electron chi connectivity index (χ4n) is 1.52. The van der Waals surface area contributed by atoms with Gasteiger partial charge >= 0.3 is 0 Å². The number of hydrogen-bond donors (Lipinski definition) is 2. The van der Waals surface area contributed by atoms with Gasteiger partial charge in [-0.05, 0) is 14.0 Å². The first-order valence-electron chi connectivity index (χ1n) is 5.14. The summed E-state index contributed by atoms with van der Waals surface area (Å²) in [5.41, 5.74) is -0.163. The second kappa shape index (κ2) is 5.55. The van der Waals surface area contributed by atoms with Crippen LogP contribution in [0.5, 0.6) is 0 Å². The average Bonchev–Trinajstić information content (AvgIpc) is 2.21. The van der Waals surface area contributed by atoms with Crippen molar-refractivity contribution in [2.45, 2.75) is 19.6 Å². The summed E-state index contributed by atoms with van der Waals surface area (Å²) in [4.78, 5) is 21.7. The Labute approximate surface area is 97.8 Å². The first-order valence-corrected chi connectivity index (χ1v) is 5.14. The second-order valence-corrected chi connectivity index (χ2v) is 3.80. The molecule has 1 heterocycles. The number of likely N-dealkylation sites (N-methyl/N-ethyl adjacent to an activating group) is 1. The van der Waals surface area contributed by atoms with E-state index < -0.39 is 11.0 Å². The lowest BCUT2D eigenvalue weighted by molar-refractivity contribution is -0.386. The molecule has 1 unspecified atom stereocenters. The van der Waals surface area contributed by atoms with Gasteiger partial charge in [-0.1, -0.05) is 0 Å². The van der Waals surface area contributed by atoms with E-state index in [2.05, 4.69) is 5.32 Å². The molecule has 7 heteroatoms. The third kappa shape index (κ3) is 3.36. The minimum Gasteiger partial charge on any atom is -0.390 e. The Morgan fingerprint density at radius 3 is 2.82 bits per heavy atom. The predicted molar refractivity (Wildman–Crippen MR) is 62.0 cm³/mol. The van der Waals surface area contributed by atoms with Crippen molar-refractivity contribution >= 4 is 5.69 Å². The van der Waals surface area contributed by atoms with Gasteiger partial charge in [0.25, 0.3) is 11.2 Å². The van der Waals surface area contributed by atoms with Crippen molar-refractivity contribution in [2.75, 3.05) is 13.6 Å². The molecule has 0 saturated carbocycles. The summed E-state index contributed by atoms with van der Waals surface area (Å²) in [5.74, 6) is 0. The molecule has 0 aliphatic rings. The van der Waals surface area contributed by atoms with Crippen molar-refractivity contribution in [2.24, 2.45) is 0 Å². The number of aromatic nitrogens is 1. The maximum atomic E-state index is 11.6. The van der Waals surface area contributed by atoms with Crippen LogP contribution >= 0.6 is 0 Å². The van der Waals surface area contributed by atoms with E-state index in [4.69, 9.17) is 0 Å². The highest BCUT2D eigenvalue weighted by atomic mass is 16.6. The van der Waals surface area contributed by atoms with Crippen molar-refractivity contribution in [3.8, 4) is 0 Å². The van der Waals surface area contributed by atoms with Crippen LogP contribution in [0.4, 0.5) is 5.69 Å². The molecular weight excluding hydrogens is 226 g/mol. The monoisotopic (exact) mass is 241 g/mol. The molecule has 0 aliphatic carbocycles. The lowest BCUT2D eigenvalue weighted by Gasteiger charge is -2.12. The second-order valence-electron chi connectivity index (χ2n) is 3.80. The first kappa shape index (κ1) is 13.3. The summed E-state index contributed by atoms with van der Waals surface area (Å²) in [6, 6.07) is 1.20. The van der Waals surface area contributed by atoms with Crippen LogP contribution in [-0.4, -0.2) is 34.3 Å². The van der Waals surface area contributed by atoms with Crippen molar-refractivity contribution in [3.05, 3.63) is 38.3 Å². The van der Waals surface area contributed by atoms with Crippen LogP contribution in [0.25, 0.3) is 0 Å². The van der Waals surface area contributed by atoms with Crippen LogP contribution in [0.15, 0.2) is 17.1 Å². The van der Waals surface area contributed by atoms with Crippen LogP contribution in [0.3, 0.4) is 0 Å². The molecule has 17 heavy (non-hydrogen) atoms. The zero-order valence-corrected chi connectivity index (χ0v) is 9.71. The van der Waals surface area contributed by atoms with Gasteiger partial charge in [-0.25, -0.2) is 0 Å². The van der Waals surface area contributed by atoms with Crippen molar-refractivity contribution in [1.29, 1.82) is 0 Å². The van der Waals surface area contributed by atoms with E-state index in [-0.39, 0.29) is 17.8 Å². The minimum absolute atomic E-state index is 0.0286. The maximum Gasteiger partial charge on any atom is 0.288 e. The SMILES string of the molecule is CNCC(O)Cn1cc([N+](=O)[O-])c(C)cc1=O. The lowest BCUT2D eigenvalue weighted by atomic mass is 10.2. The maximum absolute atomic E-state index is 11.6. The van der Waals surface area contributed by atoms with Crippen molar-refractivity contribution < 1.29 is 10.0 Å². The number of nitro groups is 1. The number of aliphatic hydroxyl groups excluding tert-OH is 1. The van der Waals surface area contributed by atoms with Gasteiger partial charge in [0.2, 0.25) is 0 Å². The molecule has 0 amide bonds. The minimum atomic E-state index is -0.764. The van der Waals surface area contributed by atoms with Gasteiger partial charge in [0.05, 0.1) is 23.8 Å². The fraction of sp³-hybridized carbons (Fsp3) is 0.500. The van der Waals surface area contributed by atoms with Gasteiger partial charge in [0, 0.05) is 18.2 Å². The molecule has 0 saturated heterocycles. The lowest BCUT2D eigenvalue weighted by Crippen LogP contribution is -2.32. The van der Waals surface area contributed by atoms with Gasteiger partial charge in [0.1, 0.15) is 0 Å².